The highest BCUT2D eigenvalue weighted by atomic mass is 32.2. The van der Waals surface area contributed by atoms with Crippen molar-refractivity contribution in [2.75, 3.05) is 28.8 Å². The minimum atomic E-state index is -1.29. The van der Waals surface area contributed by atoms with E-state index in [9.17, 15) is 24.3 Å². The second-order valence-corrected chi connectivity index (χ2v) is 11.4. The monoisotopic (exact) mass is 610 g/mol. The first kappa shape index (κ1) is 28.9. The highest BCUT2D eigenvalue weighted by molar-refractivity contribution is 8.01. The summed E-state index contributed by atoms with van der Waals surface area (Å²) >= 11 is 3.49. The van der Waals surface area contributed by atoms with E-state index in [1.807, 2.05) is 0 Å². The number of hydrogen-bond donors (Lipinski definition) is 6. The predicted octanol–water partition coefficient (Wildman–Crippen LogP) is -1.18. The number of amides is 2. The van der Waals surface area contributed by atoms with Crippen LogP contribution in [0.1, 0.15) is 19.0 Å². The lowest BCUT2D eigenvalue weighted by Crippen LogP contribution is -2.71. The van der Waals surface area contributed by atoms with Crippen molar-refractivity contribution in [1.82, 2.24) is 20.2 Å². The van der Waals surface area contributed by atoms with Gasteiger partial charge in [0.05, 0.1) is 6.42 Å². The number of nitrogen functional groups attached to an aromatic ring is 3. The molecule has 0 saturated carbocycles. The van der Waals surface area contributed by atoms with Gasteiger partial charge in [-0.3, -0.25) is 25.1 Å². The smallest absolute Gasteiger partial charge is 0.384 e. The van der Waals surface area contributed by atoms with Crippen LogP contribution in [-0.4, -0.2) is 83.6 Å². The van der Waals surface area contributed by atoms with Gasteiger partial charge in [-0.15, -0.1) is 27.8 Å². The van der Waals surface area contributed by atoms with Gasteiger partial charge in [-0.05, 0) is 29.2 Å². The molecule has 2 aromatic rings. The van der Waals surface area contributed by atoms with E-state index in [1.54, 1.807) is 0 Å². The Kier molecular flexibility index (Phi) is 8.64. The molecule has 0 radical (unpaired) electrons. The van der Waals surface area contributed by atoms with Crippen molar-refractivity contribution in [3.05, 3.63) is 34.6 Å². The van der Waals surface area contributed by atoms with Crippen LogP contribution in [-0.2, 0) is 24.0 Å². The molecule has 9 N–H and O–H groups in total. The third-order valence-corrected chi connectivity index (χ3v) is 8.60. The zero-order valence-corrected chi connectivity index (χ0v) is 23.2. The largest absolute Gasteiger partial charge is 0.481 e. The van der Waals surface area contributed by atoms with E-state index >= 15 is 0 Å². The maximum Gasteiger partial charge on any atom is 0.384 e. The Labute approximate surface area is 238 Å². The first-order valence-electron chi connectivity index (χ1n) is 11.4. The fourth-order valence-corrected chi connectivity index (χ4v) is 6.66. The van der Waals surface area contributed by atoms with Gasteiger partial charge in [-0.25, -0.2) is 9.78 Å². The third-order valence-electron chi connectivity index (χ3n) is 5.53. The van der Waals surface area contributed by atoms with Crippen LogP contribution in [0.5, 0.6) is 0 Å². The van der Waals surface area contributed by atoms with Crippen LogP contribution in [0.25, 0.3) is 0 Å². The predicted molar refractivity (Wildman–Crippen MR) is 145 cm³/mol. The van der Waals surface area contributed by atoms with E-state index in [0.717, 1.165) is 16.2 Å². The Bertz CT molecular complexity index is 1430. The van der Waals surface area contributed by atoms with Gasteiger partial charge in [0.15, 0.2) is 10.8 Å². The number of carboxylic acids is 2. The van der Waals surface area contributed by atoms with Gasteiger partial charge in [0.25, 0.3) is 11.8 Å². The minimum Gasteiger partial charge on any atom is -0.481 e. The molecule has 3 atom stereocenters. The molecule has 4 rings (SSSR count). The van der Waals surface area contributed by atoms with Crippen molar-refractivity contribution in [1.29, 1.82) is 0 Å². The van der Waals surface area contributed by atoms with E-state index in [0.29, 0.717) is 10.7 Å². The molecular weight excluding hydrogens is 586 g/mol. The number of nitrogens with two attached hydrogens (primary N) is 3. The fraction of sp³-hybridized carbons (Fsp3) is 0.333. The lowest BCUT2D eigenvalue weighted by Gasteiger charge is -2.49. The number of fused-ring (bicyclic) bond motifs is 1. The van der Waals surface area contributed by atoms with Crippen molar-refractivity contribution in [2.24, 2.45) is 5.16 Å². The van der Waals surface area contributed by atoms with E-state index in [-0.39, 0.29) is 46.0 Å². The highest BCUT2D eigenvalue weighted by Gasteiger charge is 2.54. The summed E-state index contributed by atoms with van der Waals surface area (Å²) in [7, 11) is 0. The number of nitrogens with zero attached hydrogens (tertiary/aromatic N) is 5. The number of carbonyl (C=O) groups is 4. The Morgan fingerprint density at radius 1 is 1.35 bits per heavy atom. The number of hydrogen-bond acceptors (Lipinski definition) is 14. The molecule has 40 heavy (non-hydrogen) atoms. The molecule has 0 spiro atoms. The molecule has 2 aliphatic heterocycles. The maximum absolute atomic E-state index is 13.2. The number of nitrogens with one attached hydrogen (secondary N) is 1. The summed E-state index contributed by atoms with van der Waals surface area (Å²) in [5.74, 6) is 2.69. The third kappa shape index (κ3) is 6.20. The van der Waals surface area contributed by atoms with Gasteiger partial charge in [-0.2, -0.15) is 0 Å². The van der Waals surface area contributed by atoms with Crippen molar-refractivity contribution < 1.29 is 38.9 Å². The number of rotatable bonds is 11. The van der Waals surface area contributed by atoms with Crippen LogP contribution in [0.4, 0.5) is 10.9 Å². The molecule has 19 heteroatoms. The molecule has 0 aromatic carbocycles. The molecule has 0 bridgehead atoms. The number of aliphatic carboxylic acids is 2. The van der Waals surface area contributed by atoms with Crippen molar-refractivity contribution in [3.63, 3.8) is 0 Å². The molecule has 2 aromatic heterocycles. The molecule has 212 valence electrons. The van der Waals surface area contributed by atoms with Crippen LogP contribution in [0, 0.1) is 0 Å². The molecule has 1 fully saturated rings. The Morgan fingerprint density at radius 2 is 2.10 bits per heavy atom. The molecule has 1 saturated heterocycles. The second-order valence-electron chi connectivity index (χ2n) is 8.47. The van der Waals surface area contributed by atoms with Crippen LogP contribution in [0.3, 0.4) is 0 Å². The van der Waals surface area contributed by atoms with Crippen LogP contribution in [0.2, 0.25) is 0 Å². The first-order chi connectivity index (χ1) is 19.0. The molecule has 2 unspecified atom stereocenters. The van der Waals surface area contributed by atoms with Gasteiger partial charge in [0, 0.05) is 23.0 Å². The van der Waals surface area contributed by atoms with E-state index in [4.69, 9.17) is 27.3 Å². The Morgan fingerprint density at radius 3 is 2.75 bits per heavy atom. The number of oxime groups is 1. The van der Waals surface area contributed by atoms with Gasteiger partial charge in [0.1, 0.15) is 35.1 Å². The molecule has 16 nitrogen and oxygen atoms in total. The molecule has 0 aliphatic carbocycles. The molecule has 2 amide bonds. The fourth-order valence-electron chi connectivity index (χ4n) is 3.72. The van der Waals surface area contributed by atoms with Crippen LogP contribution >= 0.6 is 34.9 Å². The van der Waals surface area contributed by atoms with Crippen molar-refractivity contribution in [3.8, 4) is 0 Å². The van der Waals surface area contributed by atoms with Crippen LogP contribution in [0.15, 0.2) is 39.2 Å². The summed E-state index contributed by atoms with van der Waals surface area (Å²) in [6.45, 7) is 1.46. The van der Waals surface area contributed by atoms with E-state index in [2.05, 4.69) is 20.4 Å². The zero-order chi connectivity index (χ0) is 29.1. The first-order valence-corrected chi connectivity index (χ1v) is 14.3. The number of carbonyl (C=O) groups excluding carboxylic acids is 2. The van der Waals surface area contributed by atoms with Gasteiger partial charge >= 0.3 is 17.1 Å². The van der Waals surface area contributed by atoms with Crippen molar-refractivity contribution >= 4 is 75.3 Å². The number of carboxylic acid groups (broad SMARTS) is 2. The summed E-state index contributed by atoms with van der Waals surface area (Å²) in [5, 5.41) is 26.5. The second kappa shape index (κ2) is 12.0. The summed E-state index contributed by atoms with van der Waals surface area (Å²) in [4.78, 5) is 63.8. The zero-order valence-electron chi connectivity index (χ0n) is 20.7. The lowest BCUT2D eigenvalue weighted by molar-refractivity contribution is -0.682. The maximum atomic E-state index is 13.2. The van der Waals surface area contributed by atoms with Crippen LogP contribution < -0.4 is 27.3 Å². The highest BCUT2D eigenvalue weighted by Crippen LogP contribution is 2.41. The molecule has 4 heterocycles. The lowest BCUT2D eigenvalue weighted by atomic mass is 10.0. The molecular formula is C21H24N9O7S3+. The number of thioether (sulfide) groups is 2. The number of thiazole rings is 1. The van der Waals surface area contributed by atoms with E-state index < -0.39 is 41.3 Å². The normalized spacial score (nSPS) is 19.5. The Balaban J connectivity index is 1.50. The van der Waals surface area contributed by atoms with Gasteiger partial charge in [0.2, 0.25) is 5.82 Å². The number of β-lactam (4-membered cyclic amide) rings is 1. The molecule has 2 aliphatic rings. The SMILES string of the molecule is CC(CC(=O)O)O/N=C(\C(=O)NC1C(=O)N2C(C(=O)O)=C(CSc3nc(N)cc[n+]3N)CS[C@H]12)c1csc(N)n1. The summed E-state index contributed by atoms with van der Waals surface area (Å²) in [5.41, 5.74) is 11.4. The summed E-state index contributed by atoms with van der Waals surface area (Å²) in [6, 6.07) is 0.461. The van der Waals surface area contributed by atoms with E-state index in [1.165, 1.54) is 52.8 Å². The number of aromatic nitrogens is 3. The van der Waals surface area contributed by atoms with Gasteiger partial charge in [-0.1, -0.05) is 5.16 Å². The standard InChI is InChI=1S/C21H23N9O7S3/c1-8(4-12(31)32)37-28-13(10-7-39-20(23)25-10)16(33)27-14-17(34)30-15(19(35)36)9(5-38-18(14)30)6-40-21-26-11(22)2-3-29(21)24/h2-3,7-8,14,18,22H,4-6,24H2,1H3,(H5,23,25,27,31,32,33,35,36)/p+1/b28-13-/t8?,14?,18-/m1/s1. The number of anilines is 2. The summed E-state index contributed by atoms with van der Waals surface area (Å²) < 4.78 is 1.25. The quantitative estimate of drug-likeness (QED) is 0.0333. The van der Waals surface area contributed by atoms with Gasteiger partial charge < -0.3 is 31.8 Å². The minimum absolute atomic E-state index is 0.0696. The average Bonchev–Trinajstić information content (AvgIpc) is 3.32. The summed E-state index contributed by atoms with van der Waals surface area (Å²) in [6.07, 6.45) is 0.294. The Hall–Kier alpha value is -4.10. The van der Waals surface area contributed by atoms with Crippen molar-refractivity contribution in [2.45, 2.75) is 36.0 Å². The average molecular weight is 611 g/mol. The topological polar surface area (TPSA) is 253 Å².